The van der Waals surface area contributed by atoms with Crippen molar-refractivity contribution in [1.82, 2.24) is 0 Å². The summed E-state index contributed by atoms with van der Waals surface area (Å²) in [6, 6.07) is 4.03. The number of hydrogen-bond acceptors (Lipinski definition) is 5. The van der Waals surface area contributed by atoms with Crippen molar-refractivity contribution in [3.05, 3.63) is 18.2 Å². The Kier molecular flexibility index (Phi) is 5.21. The molecular formula is C10H14ClNO5S. The first kappa shape index (κ1) is 15.0. The summed E-state index contributed by atoms with van der Waals surface area (Å²) in [6.45, 7) is 0.0547. The van der Waals surface area contributed by atoms with Crippen LogP contribution in [0.25, 0.3) is 0 Å². The molecule has 18 heavy (non-hydrogen) atoms. The average molecular weight is 296 g/mol. The van der Waals surface area contributed by atoms with Gasteiger partial charge in [0.05, 0.1) is 24.8 Å². The summed E-state index contributed by atoms with van der Waals surface area (Å²) < 4.78 is 36.3. The van der Waals surface area contributed by atoms with Gasteiger partial charge in [0.15, 0.2) is 0 Å². The van der Waals surface area contributed by atoms with Crippen molar-refractivity contribution in [1.29, 1.82) is 0 Å². The molecule has 0 heterocycles. The highest BCUT2D eigenvalue weighted by molar-refractivity contribution is 7.86. The highest BCUT2D eigenvalue weighted by atomic mass is 35.5. The van der Waals surface area contributed by atoms with E-state index in [1.54, 1.807) is 0 Å². The van der Waals surface area contributed by atoms with E-state index in [-0.39, 0.29) is 23.0 Å². The molecule has 0 amide bonds. The molecule has 1 aromatic carbocycles. The molecule has 1 atom stereocenters. The molecule has 0 bridgehead atoms. The van der Waals surface area contributed by atoms with Gasteiger partial charge in [-0.15, -0.1) is 11.6 Å². The second kappa shape index (κ2) is 6.24. The first-order valence-electron chi connectivity index (χ1n) is 5.02. The summed E-state index contributed by atoms with van der Waals surface area (Å²) in [6.07, 6.45) is -0.827. The van der Waals surface area contributed by atoms with E-state index in [9.17, 15) is 13.5 Å². The summed E-state index contributed by atoms with van der Waals surface area (Å²) in [5, 5.41) is 12.0. The molecule has 0 radical (unpaired) electrons. The largest absolute Gasteiger partial charge is 0.497 e. The van der Waals surface area contributed by atoms with Crippen LogP contribution in [0.5, 0.6) is 5.75 Å². The van der Waals surface area contributed by atoms with E-state index in [2.05, 4.69) is 5.32 Å². The second-order valence-corrected chi connectivity index (χ2v) is 5.22. The molecule has 0 aliphatic carbocycles. The average Bonchev–Trinajstić information content (AvgIpc) is 2.34. The zero-order valence-electron chi connectivity index (χ0n) is 9.63. The van der Waals surface area contributed by atoms with Crippen molar-refractivity contribution in [3.8, 4) is 5.75 Å². The maximum atomic E-state index is 11.2. The number of aliphatic hydroxyl groups excluding tert-OH is 1. The zero-order chi connectivity index (χ0) is 13.8. The molecule has 0 aliphatic heterocycles. The quantitative estimate of drug-likeness (QED) is 0.534. The number of rotatable bonds is 6. The number of hydrogen-bond donors (Lipinski definition) is 3. The first-order valence-corrected chi connectivity index (χ1v) is 6.99. The van der Waals surface area contributed by atoms with Crippen LogP contribution in [0.2, 0.25) is 0 Å². The van der Waals surface area contributed by atoms with E-state index < -0.39 is 16.2 Å². The lowest BCUT2D eigenvalue weighted by atomic mass is 10.3. The lowest BCUT2D eigenvalue weighted by Crippen LogP contribution is -2.21. The maximum Gasteiger partial charge on any atom is 0.296 e. The predicted molar refractivity (Wildman–Crippen MR) is 68.0 cm³/mol. The molecule has 102 valence electrons. The van der Waals surface area contributed by atoms with Crippen LogP contribution in [0.15, 0.2) is 23.1 Å². The number of anilines is 1. The smallest absolute Gasteiger partial charge is 0.296 e. The van der Waals surface area contributed by atoms with E-state index in [1.807, 2.05) is 0 Å². The molecule has 3 N–H and O–H groups in total. The van der Waals surface area contributed by atoms with E-state index >= 15 is 0 Å². The van der Waals surface area contributed by atoms with Gasteiger partial charge in [-0.1, -0.05) is 0 Å². The number of nitrogens with one attached hydrogen (secondary N) is 1. The monoisotopic (exact) mass is 295 g/mol. The SMILES string of the molecule is COc1ccc(S(=O)(=O)O)c(NCC(O)CCl)c1. The Morgan fingerprint density at radius 3 is 2.67 bits per heavy atom. The lowest BCUT2D eigenvalue weighted by molar-refractivity contribution is 0.211. The minimum absolute atomic E-state index is 0.0121. The van der Waals surface area contributed by atoms with E-state index in [4.69, 9.17) is 20.9 Å². The molecule has 0 aliphatic rings. The Morgan fingerprint density at radius 1 is 1.50 bits per heavy atom. The topological polar surface area (TPSA) is 95.9 Å². The first-order chi connectivity index (χ1) is 8.38. The van der Waals surface area contributed by atoms with Gasteiger partial charge in [-0.3, -0.25) is 4.55 Å². The van der Waals surface area contributed by atoms with Crippen molar-refractivity contribution in [2.45, 2.75) is 11.0 Å². The molecule has 1 aromatic rings. The maximum absolute atomic E-state index is 11.2. The molecule has 0 saturated carbocycles. The number of benzene rings is 1. The molecule has 0 aromatic heterocycles. The Labute approximate surface area is 110 Å². The normalized spacial score (nSPS) is 13.1. The Hall–Kier alpha value is -1.02. The van der Waals surface area contributed by atoms with Gasteiger partial charge in [0.2, 0.25) is 0 Å². The van der Waals surface area contributed by atoms with Crippen LogP contribution < -0.4 is 10.1 Å². The van der Waals surface area contributed by atoms with Crippen LogP contribution in [0.4, 0.5) is 5.69 Å². The fourth-order valence-corrected chi connectivity index (χ4v) is 2.04. The number of halogens is 1. The van der Waals surface area contributed by atoms with Crippen LogP contribution >= 0.6 is 11.6 Å². The molecule has 0 spiro atoms. The van der Waals surface area contributed by atoms with Crippen molar-refractivity contribution in [2.24, 2.45) is 0 Å². The van der Waals surface area contributed by atoms with Gasteiger partial charge in [0.1, 0.15) is 10.6 Å². The third kappa shape index (κ3) is 4.02. The van der Waals surface area contributed by atoms with Crippen LogP contribution in [0.3, 0.4) is 0 Å². The third-order valence-corrected chi connectivity index (χ3v) is 3.44. The molecule has 0 saturated heterocycles. The third-order valence-electron chi connectivity index (χ3n) is 2.17. The minimum atomic E-state index is -4.35. The number of alkyl halides is 1. The highest BCUT2D eigenvalue weighted by Crippen LogP contribution is 2.26. The molecule has 8 heteroatoms. The summed E-state index contributed by atoms with van der Waals surface area (Å²) in [4.78, 5) is -0.287. The molecular weight excluding hydrogens is 282 g/mol. The standard InChI is InChI=1S/C10H14ClNO5S/c1-17-8-2-3-10(18(14,15)16)9(4-8)12-6-7(13)5-11/h2-4,7,12-13H,5-6H2,1H3,(H,14,15,16). The van der Waals surface area contributed by atoms with Gasteiger partial charge < -0.3 is 15.2 Å². The second-order valence-electron chi connectivity index (χ2n) is 3.53. The molecule has 0 fully saturated rings. The van der Waals surface area contributed by atoms with Gasteiger partial charge in [0, 0.05) is 12.6 Å². The van der Waals surface area contributed by atoms with Gasteiger partial charge in [-0.25, -0.2) is 0 Å². The fourth-order valence-electron chi connectivity index (χ4n) is 1.28. The predicted octanol–water partition coefficient (Wildman–Crippen LogP) is 0.954. The Bertz CT molecular complexity index is 505. The van der Waals surface area contributed by atoms with Crippen LogP contribution in [0, 0.1) is 0 Å². The number of aliphatic hydroxyl groups is 1. The van der Waals surface area contributed by atoms with Gasteiger partial charge in [-0.05, 0) is 12.1 Å². The Balaban J connectivity index is 3.05. The van der Waals surface area contributed by atoms with Crippen molar-refractivity contribution >= 4 is 27.4 Å². The summed E-state index contributed by atoms with van der Waals surface area (Å²) in [5.41, 5.74) is 0.140. The summed E-state index contributed by atoms with van der Waals surface area (Å²) >= 11 is 5.42. The number of methoxy groups -OCH3 is 1. The van der Waals surface area contributed by atoms with E-state index in [0.717, 1.165) is 0 Å². The van der Waals surface area contributed by atoms with Gasteiger partial charge >= 0.3 is 0 Å². The van der Waals surface area contributed by atoms with E-state index in [0.29, 0.717) is 5.75 Å². The zero-order valence-corrected chi connectivity index (χ0v) is 11.2. The number of ether oxygens (including phenoxy) is 1. The Morgan fingerprint density at radius 2 is 2.17 bits per heavy atom. The van der Waals surface area contributed by atoms with Crippen LogP contribution in [-0.4, -0.2) is 43.7 Å². The summed E-state index contributed by atoms with van der Waals surface area (Å²) in [7, 11) is -2.92. The van der Waals surface area contributed by atoms with Crippen LogP contribution in [0.1, 0.15) is 0 Å². The van der Waals surface area contributed by atoms with E-state index in [1.165, 1.54) is 25.3 Å². The van der Waals surface area contributed by atoms with Crippen molar-refractivity contribution < 1.29 is 22.8 Å². The molecule has 1 rings (SSSR count). The molecule has 1 unspecified atom stereocenters. The van der Waals surface area contributed by atoms with Crippen molar-refractivity contribution in [3.63, 3.8) is 0 Å². The minimum Gasteiger partial charge on any atom is -0.497 e. The fraction of sp³-hybridized carbons (Fsp3) is 0.400. The van der Waals surface area contributed by atoms with Crippen molar-refractivity contribution in [2.75, 3.05) is 24.9 Å². The molecule has 6 nitrogen and oxygen atoms in total. The van der Waals surface area contributed by atoms with Gasteiger partial charge in [0.25, 0.3) is 10.1 Å². The summed E-state index contributed by atoms with van der Waals surface area (Å²) in [5.74, 6) is 0.434. The lowest BCUT2D eigenvalue weighted by Gasteiger charge is -2.13. The van der Waals surface area contributed by atoms with Crippen LogP contribution in [-0.2, 0) is 10.1 Å². The van der Waals surface area contributed by atoms with Gasteiger partial charge in [-0.2, -0.15) is 8.42 Å². The highest BCUT2D eigenvalue weighted by Gasteiger charge is 2.16.